The fourth-order valence-electron chi connectivity index (χ4n) is 3.37. The number of aliphatic hydroxyl groups excluding tert-OH is 2. The van der Waals surface area contributed by atoms with E-state index in [1.807, 2.05) is 0 Å². The Morgan fingerprint density at radius 2 is 1.70 bits per heavy atom. The fraction of sp³-hybridized carbons (Fsp3) is 0.944. The topological polar surface area (TPSA) is 89.8 Å². The van der Waals surface area contributed by atoms with Crippen LogP contribution in [-0.4, -0.2) is 45.6 Å². The first kappa shape index (κ1) is 20.4. The van der Waals surface area contributed by atoms with Crippen molar-refractivity contribution in [2.45, 2.75) is 108 Å². The van der Waals surface area contributed by atoms with Gasteiger partial charge in [-0.15, -0.1) is 0 Å². The van der Waals surface area contributed by atoms with Gasteiger partial charge in [-0.3, -0.25) is 4.79 Å². The minimum Gasteiger partial charge on any atom is -0.481 e. The summed E-state index contributed by atoms with van der Waals surface area (Å²) in [6, 6.07) is 0.800. The summed E-state index contributed by atoms with van der Waals surface area (Å²) in [4.78, 5) is 10.4. The number of hydrogen-bond donors (Lipinski definition) is 4. The summed E-state index contributed by atoms with van der Waals surface area (Å²) in [5.41, 5.74) is 0. The van der Waals surface area contributed by atoms with E-state index in [0.29, 0.717) is 12.5 Å². The summed E-state index contributed by atoms with van der Waals surface area (Å²) in [5.74, 6) is -0.922. The van der Waals surface area contributed by atoms with Gasteiger partial charge in [-0.1, -0.05) is 44.9 Å². The van der Waals surface area contributed by atoms with Gasteiger partial charge in [0.05, 0.1) is 18.6 Å². The van der Waals surface area contributed by atoms with E-state index in [1.54, 1.807) is 0 Å². The molecule has 136 valence electrons. The van der Waals surface area contributed by atoms with E-state index in [1.165, 1.54) is 38.5 Å². The highest BCUT2D eigenvalue weighted by molar-refractivity contribution is 5.67. The summed E-state index contributed by atoms with van der Waals surface area (Å²) in [5, 5.41) is 31.2. The Morgan fingerprint density at radius 1 is 1.09 bits per heavy atom. The minimum atomic E-state index is -0.922. The molecule has 1 rings (SSSR count). The van der Waals surface area contributed by atoms with Crippen LogP contribution in [0.2, 0.25) is 0 Å². The smallest absolute Gasteiger partial charge is 0.305 e. The quantitative estimate of drug-likeness (QED) is 0.413. The number of carboxylic acid groups (broad SMARTS) is 1. The second-order valence-electron chi connectivity index (χ2n) is 7.10. The Hall–Kier alpha value is -0.650. The van der Waals surface area contributed by atoms with E-state index in [9.17, 15) is 15.0 Å². The van der Waals surface area contributed by atoms with Crippen molar-refractivity contribution < 1.29 is 20.1 Å². The zero-order valence-corrected chi connectivity index (χ0v) is 14.5. The predicted molar refractivity (Wildman–Crippen MR) is 91.4 cm³/mol. The van der Waals surface area contributed by atoms with Crippen molar-refractivity contribution in [3.63, 3.8) is 0 Å². The van der Waals surface area contributed by atoms with Gasteiger partial charge in [0, 0.05) is 12.1 Å². The third kappa shape index (κ3) is 9.95. The molecule has 4 N–H and O–H groups in total. The molecule has 0 saturated carbocycles. The monoisotopic (exact) mass is 329 g/mol. The number of hydrogen-bond acceptors (Lipinski definition) is 4. The molecule has 1 saturated heterocycles. The molecule has 1 aliphatic rings. The summed E-state index contributed by atoms with van der Waals surface area (Å²) < 4.78 is 0. The molecule has 1 fully saturated rings. The van der Waals surface area contributed by atoms with E-state index in [0.717, 1.165) is 25.7 Å². The van der Waals surface area contributed by atoms with Crippen LogP contribution in [0.3, 0.4) is 0 Å². The summed E-state index contributed by atoms with van der Waals surface area (Å²) in [6.07, 6.45) is 11.0. The van der Waals surface area contributed by atoms with Crippen molar-refractivity contribution in [2.75, 3.05) is 0 Å². The first-order chi connectivity index (χ1) is 11.0. The zero-order chi connectivity index (χ0) is 17.1. The van der Waals surface area contributed by atoms with Crippen LogP contribution in [0, 0.1) is 0 Å². The zero-order valence-electron chi connectivity index (χ0n) is 14.5. The average molecular weight is 329 g/mol. The molecule has 5 heteroatoms. The van der Waals surface area contributed by atoms with E-state index < -0.39 is 12.1 Å². The minimum absolute atomic E-state index is 0.134. The SMILES string of the molecule is CC1NC(CCCCCCCCCC(O)CC(=O)O)CCC1O. The Bertz CT molecular complexity index is 324. The van der Waals surface area contributed by atoms with Gasteiger partial charge in [-0.05, 0) is 32.6 Å². The normalized spacial score (nSPS) is 26.1. The fourth-order valence-corrected chi connectivity index (χ4v) is 3.37. The predicted octanol–water partition coefficient (Wildman–Crippen LogP) is 2.83. The first-order valence-corrected chi connectivity index (χ1v) is 9.33. The molecule has 0 aromatic rings. The van der Waals surface area contributed by atoms with Crippen molar-refractivity contribution in [1.82, 2.24) is 5.32 Å². The van der Waals surface area contributed by atoms with Crippen LogP contribution in [0.4, 0.5) is 0 Å². The first-order valence-electron chi connectivity index (χ1n) is 9.33. The molecule has 0 spiro atoms. The molecule has 1 heterocycles. The number of carbonyl (C=O) groups is 1. The molecule has 1 aliphatic heterocycles. The maximum absolute atomic E-state index is 10.4. The van der Waals surface area contributed by atoms with Crippen molar-refractivity contribution in [2.24, 2.45) is 0 Å². The third-order valence-electron chi connectivity index (χ3n) is 4.89. The summed E-state index contributed by atoms with van der Waals surface area (Å²) in [7, 11) is 0. The Balaban J connectivity index is 1.86. The maximum atomic E-state index is 10.4. The molecular formula is C18H35NO4. The highest BCUT2D eigenvalue weighted by atomic mass is 16.4. The van der Waals surface area contributed by atoms with Gasteiger partial charge in [-0.25, -0.2) is 0 Å². The van der Waals surface area contributed by atoms with E-state index in [2.05, 4.69) is 12.2 Å². The summed E-state index contributed by atoms with van der Waals surface area (Å²) >= 11 is 0. The largest absolute Gasteiger partial charge is 0.481 e. The number of aliphatic carboxylic acids is 1. The van der Waals surface area contributed by atoms with Crippen LogP contribution in [-0.2, 0) is 4.79 Å². The van der Waals surface area contributed by atoms with E-state index in [-0.39, 0.29) is 18.6 Å². The number of unbranched alkanes of at least 4 members (excludes halogenated alkanes) is 6. The molecule has 4 unspecified atom stereocenters. The van der Waals surface area contributed by atoms with Gasteiger partial charge >= 0.3 is 5.97 Å². The number of piperidine rings is 1. The molecule has 0 aliphatic carbocycles. The lowest BCUT2D eigenvalue weighted by Crippen LogP contribution is -2.48. The van der Waals surface area contributed by atoms with E-state index in [4.69, 9.17) is 5.11 Å². The second-order valence-corrected chi connectivity index (χ2v) is 7.10. The molecule has 0 bridgehead atoms. The van der Waals surface area contributed by atoms with E-state index >= 15 is 0 Å². The van der Waals surface area contributed by atoms with Gasteiger partial charge in [0.2, 0.25) is 0 Å². The Morgan fingerprint density at radius 3 is 2.30 bits per heavy atom. The number of rotatable bonds is 12. The van der Waals surface area contributed by atoms with Gasteiger partial charge < -0.3 is 20.6 Å². The number of aliphatic hydroxyl groups is 2. The van der Waals surface area contributed by atoms with Crippen LogP contribution in [0.1, 0.15) is 84.0 Å². The van der Waals surface area contributed by atoms with Crippen LogP contribution in [0.25, 0.3) is 0 Å². The maximum Gasteiger partial charge on any atom is 0.305 e. The average Bonchev–Trinajstić information content (AvgIpc) is 2.48. The molecule has 5 nitrogen and oxygen atoms in total. The molecule has 23 heavy (non-hydrogen) atoms. The van der Waals surface area contributed by atoms with Crippen LogP contribution < -0.4 is 5.32 Å². The summed E-state index contributed by atoms with van der Waals surface area (Å²) in [6.45, 7) is 2.06. The van der Waals surface area contributed by atoms with Gasteiger partial charge in [0.25, 0.3) is 0 Å². The van der Waals surface area contributed by atoms with Gasteiger partial charge in [-0.2, -0.15) is 0 Å². The molecule has 4 atom stereocenters. The lowest BCUT2D eigenvalue weighted by molar-refractivity contribution is -0.139. The Kier molecular flexibility index (Phi) is 10.5. The standard InChI is InChI=1S/C18H35NO4/c1-14-17(21)12-11-15(19-14)9-7-5-3-2-4-6-8-10-16(20)13-18(22)23/h14-17,19-21H,2-13H2,1H3,(H,22,23). The molecule has 0 aromatic carbocycles. The van der Waals surface area contributed by atoms with Crippen molar-refractivity contribution in [3.05, 3.63) is 0 Å². The third-order valence-corrected chi connectivity index (χ3v) is 4.89. The lowest BCUT2D eigenvalue weighted by atomic mass is 9.93. The highest BCUT2D eigenvalue weighted by Gasteiger charge is 2.24. The molecule has 0 amide bonds. The molecule has 0 aromatic heterocycles. The number of nitrogens with one attached hydrogen (secondary N) is 1. The van der Waals surface area contributed by atoms with Crippen LogP contribution >= 0.6 is 0 Å². The Labute approximate surface area is 140 Å². The highest BCUT2D eigenvalue weighted by Crippen LogP contribution is 2.18. The van der Waals surface area contributed by atoms with Crippen molar-refractivity contribution >= 4 is 5.97 Å². The molecule has 0 radical (unpaired) electrons. The van der Waals surface area contributed by atoms with Crippen LogP contribution in [0.15, 0.2) is 0 Å². The molecular weight excluding hydrogens is 294 g/mol. The second kappa shape index (κ2) is 11.8. The lowest BCUT2D eigenvalue weighted by Gasteiger charge is -2.32. The van der Waals surface area contributed by atoms with Crippen LogP contribution in [0.5, 0.6) is 0 Å². The van der Waals surface area contributed by atoms with Gasteiger partial charge in [0.15, 0.2) is 0 Å². The van der Waals surface area contributed by atoms with Crippen molar-refractivity contribution in [1.29, 1.82) is 0 Å². The number of carboxylic acids is 1. The van der Waals surface area contributed by atoms with Crippen molar-refractivity contribution in [3.8, 4) is 0 Å². The van der Waals surface area contributed by atoms with Gasteiger partial charge in [0.1, 0.15) is 0 Å².